The standard InChI is InChI=1S/C12H17ClN4O/c1-8-14-11(13)10(7-18)12(15-8)16-9-4-3-5-17(2)6-9/h7,9H,3-6H2,1-2H3,(H,14,15,16). The highest BCUT2D eigenvalue weighted by Gasteiger charge is 2.19. The molecule has 0 radical (unpaired) electrons. The van der Waals surface area contributed by atoms with Crippen LogP contribution >= 0.6 is 11.6 Å². The molecule has 1 N–H and O–H groups in total. The number of rotatable bonds is 3. The Kier molecular flexibility index (Phi) is 4.14. The second-order valence-electron chi connectivity index (χ2n) is 4.69. The summed E-state index contributed by atoms with van der Waals surface area (Å²) in [5.41, 5.74) is 0.343. The van der Waals surface area contributed by atoms with E-state index in [1.807, 2.05) is 0 Å². The average molecular weight is 269 g/mol. The zero-order chi connectivity index (χ0) is 13.1. The van der Waals surface area contributed by atoms with E-state index in [1.54, 1.807) is 6.92 Å². The molecule has 1 aromatic rings. The Balaban J connectivity index is 2.19. The number of anilines is 1. The lowest BCUT2D eigenvalue weighted by Gasteiger charge is -2.30. The van der Waals surface area contributed by atoms with Crippen LogP contribution in [0, 0.1) is 6.92 Å². The molecular weight excluding hydrogens is 252 g/mol. The highest BCUT2D eigenvalue weighted by atomic mass is 35.5. The quantitative estimate of drug-likeness (QED) is 0.669. The van der Waals surface area contributed by atoms with Crippen molar-refractivity contribution in [3.8, 4) is 0 Å². The monoisotopic (exact) mass is 268 g/mol. The summed E-state index contributed by atoms with van der Waals surface area (Å²) in [6.45, 7) is 3.82. The summed E-state index contributed by atoms with van der Waals surface area (Å²) in [5.74, 6) is 1.11. The summed E-state index contributed by atoms with van der Waals surface area (Å²) in [4.78, 5) is 21.6. The van der Waals surface area contributed by atoms with Crippen molar-refractivity contribution in [3.63, 3.8) is 0 Å². The fourth-order valence-electron chi connectivity index (χ4n) is 2.24. The van der Waals surface area contributed by atoms with Crippen LogP contribution in [-0.4, -0.2) is 47.3 Å². The summed E-state index contributed by atoms with van der Waals surface area (Å²) >= 11 is 5.95. The van der Waals surface area contributed by atoms with Crippen molar-refractivity contribution in [2.75, 3.05) is 25.5 Å². The first-order valence-corrected chi connectivity index (χ1v) is 6.42. The van der Waals surface area contributed by atoms with Crippen molar-refractivity contribution in [2.24, 2.45) is 0 Å². The van der Waals surface area contributed by atoms with E-state index in [0.29, 0.717) is 29.5 Å². The van der Waals surface area contributed by atoms with Crippen LogP contribution in [0.4, 0.5) is 5.82 Å². The highest BCUT2D eigenvalue weighted by molar-refractivity contribution is 6.32. The molecule has 2 rings (SSSR count). The van der Waals surface area contributed by atoms with E-state index in [0.717, 1.165) is 25.9 Å². The van der Waals surface area contributed by atoms with Gasteiger partial charge in [0.25, 0.3) is 0 Å². The minimum Gasteiger partial charge on any atom is -0.365 e. The Labute approximate surface area is 112 Å². The topological polar surface area (TPSA) is 58.1 Å². The number of likely N-dealkylation sites (N-methyl/N-ethyl adjacent to an activating group) is 1. The van der Waals surface area contributed by atoms with Crippen molar-refractivity contribution >= 4 is 23.7 Å². The number of aryl methyl sites for hydroxylation is 1. The summed E-state index contributed by atoms with van der Waals surface area (Å²) in [6, 6.07) is 0.299. The van der Waals surface area contributed by atoms with Crippen LogP contribution in [0.25, 0.3) is 0 Å². The molecule has 0 spiro atoms. The van der Waals surface area contributed by atoms with Crippen LogP contribution in [0.15, 0.2) is 0 Å². The summed E-state index contributed by atoms with van der Waals surface area (Å²) < 4.78 is 0. The van der Waals surface area contributed by atoms with Gasteiger partial charge in [-0.1, -0.05) is 11.6 Å². The van der Waals surface area contributed by atoms with Gasteiger partial charge >= 0.3 is 0 Å². The minimum atomic E-state index is 0.212. The molecule has 1 atom stereocenters. The van der Waals surface area contributed by atoms with Gasteiger partial charge < -0.3 is 10.2 Å². The number of nitrogens with one attached hydrogen (secondary N) is 1. The number of carbonyl (C=O) groups excluding carboxylic acids is 1. The molecule has 6 heteroatoms. The number of halogens is 1. The number of hydrogen-bond acceptors (Lipinski definition) is 5. The summed E-state index contributed by atoms with van der Waals surface area (Å²) in [6.07, 6.45) is 2.92. The van der Waals surface area contributed by atoms with Crippen molar-refractivity contribution in [1.29, 1.82) is 0 Å². The molecule has 18 heavy (non-hydrogen) atoms. The van der Waals surface area contributed by atoms with Gasteiger partial charge in [0, 0.05) is 12.6 Å². The van der Waals surface area contributed by atoms with Gasteiger partial charge in [-0.2, -0.15) is 0 Å². The van der Waals surface area contributed by atoms with E-state index in [4.69, 9.17) is 11.6 Å². The van der Waals surface area contributed by atoms with Crippen molar-refractivity contribution in [1.82, 2.24) is 14.9 Å². The normalized spacial score (nSPS) is 20.7. The Morgan fingerprint density at radius 1 is 1.50 bits per heavy atom. The third-order valence-electron chi connectivity index (χ3n) is 3.09. The molecule has 2 heterocycles. The Bertz CT molecular complexity index is 452. The van der Waals surface area contributed by atoms with Crippen LogP contribution in [-0.2, 0) is 0 Å². The number of carbonyl (C=O) groups is 1. The molecule has 0 aromatic carbocycles. The van der Waals surface area contributed by atoms with E-state index in [9.17, 15) is 4.79 Å². The molecule has 1 aliphatic rings. The fourth-order valence-corrected chi connectivity index (χ4v) is 2.50. The van der Waals surface area contributed by atoms with Crippen LogP contribution in [0.1, 0.15) is 29.0 Å². The number of aldehydes is 1. The van der Waals surface area contributed by atoms with Crippen LogP contribution in [0.3, 0.4) is 0 Å². The first-order valence-electron chi connectivity index (χ1n) is 6.04. The smallest absolute Gasteiger partial charge is 0.156 e. The van der Waals surface area contributed by atoms with Gasteiger partial charge in [0.2, 0.25) is 0 Å². The van der Waals surface area contributed by atoms with Gasteiger partial charge in [0.1, 0.15) is 16.8 Å². The van der Waals surface area contributed by atoms with Gasteiger partial charge in [0.05, 0.1) is 5.56 Å². The third-order valence-corrected chi connectivity index (χ3v) is 3.38. The van der Waals surface area contributed by atoms with E-state index in [-0.39, 0.29) is 5.15 Å². The Hall–Kier alpha value is -1.20. The zero-order valence-electron chi connectivity index (χ0n) is 10.6. The number of aromatic nitrogens is 2. The second-order valence-corrected chi connectivity index (χ2v) is 5.05. The van der Waals surface area contributed by atoms with Gasteiger partial charge in [0.15, 0.2) is 6.29 Å². The zero-order valence-corrected chi connectivity index (χ0v) is 11.4. The predicted molar refractivity (Wildman–Crippen MR) is 71.3 cm³/mol. The van der Waals surface area contributed by atoms with Crippen LogP contribution in [0.2, 0.25) is 5.15 Å². The lowest BCUT2D eigenvalue weighted by molar-refractivity contribution is 0.112. The minimum absolute atomic E-state index is 0.212. The number of piperidine rings is 1. The van der Waals surface area contributed by atoms with Gasteiger partial charge in [-0.05, 0) is 33.4 Å². The molecule has 5 nitrogen and oxygen atoms in total. The Morgan fingerprint density at radius 3 is 2.94 bits per heavy atom. The molecular formula is C12H17ClN4O. The van der Waals surface area contributed by atoms with E-state index in [1.165, 1.54) is 0 Å². The predicted octanol–water partition coefficient (Wildman–Crippen LogP) is 1.76. The maximum absolute atomic E-state index is 11.1. The molecule has 1 fully saturated rings. The number of nitrogens with zero attached hydrogens (tertiary/aromatic N) is 3. The maximum Gasteiger partial charge on any atom is 0.156 e. The Morgan fingerprint density at radius 2 is 2.28 bits per heavy atom. The van der Waals surface area contributed by atoms with Crippen LogP contribution < -0.4 is 5.32 Å². The van der Waals surface area contributed by atoms with Crippen LogP contribution in [0.5, 0.6) is 0 Å². The molecule has 1 aliphatic heterocycles. The first kappa shape index (κ1) is 13.2. The SMILES string of the molecule is Cc1nc(Cl)c(C=O)c(NC2CCCN(C)C2)n1. The second kappa shape index (κ2) is 5.63. The molecule has 0 amide bonds. The molecule has 0 aliphatic carbocycles. The summed E-state index contributed by atoms with van der Waals surface area (Å²) in [7, 11) is 2.09. The maximum atomic E-state index is 11.1. The average Bonchev–Trinajstić information content (AvgIpc) is 2.28. The van der Waals surface area contributed by atoms with E-state index in [2.05, 4.69) is 27.2 Å². The van der Waals surface area contributed by atoms with Crippen molar-refractivity contribution in [2.45, 2.75) is 25.8 Å². The van der Waals surface area contributed by atoms with Crippen molar-refractivity contribution < 1.29 is 4.79 Å². The largest absolute Gasteiger partial charge is 0.365 e. The highest BCUT2D eigenvalue weighted by Crippen LogP contribution is 2.21. The fraction of sp³-hybridized carbons (Fsp3) is 0.583. The molecule has 1 unspecified atom stereocenters. The number of hydrogen-bond donors (Lipinski definition) is 1. The molecule has 98 valence electrons. The van der Waals surface area contributed by atoms with Gasteiger partial charge in [-0.3, -0.25) is 4.79 Å². The van der Waals surface area contributed by atoms with E-state index < -0.39 is 0 Å². The van der Waals surface area contributed by atoms with E-state index >= 15 is 0 Å². The third kappa shape index (κ3) is 2.97. The van der Waals surface area contributed by atoms with Gasteiger partial charge in [-0.25, -0.2) is 9.97 Å². The number of likely N-dealkylation sites (tertiary alicyclic amines) is 1. The van der Waals surface area contributed by atoms with Gasteiger partial charge in [-0.15, -0.1) is 0 Å². The molecule has 1 saturated heterocycles. The van der Waals surface area contributed by atoms with Crippen molar-refractivity contribution in [3.05, 3.63) is 16.5 Å². The molecule has 0 bridgehead atoms. The molecule has 0 saturated carbocycles. The summed E-state index contributed by atoms with van der Waals surface area (Å²) in [5, 5.41) is 3.52. The molecule has 1 aromatic heterocycles. The first-order chi connectivity index (χ1) is 8.60. The lowest BCUT2D eigenvalue weighted by Crippen LogP contribution is -2.40. The lowest BCUT2D eigenvalue weighted by atomic mass is 10.1.